The average Bonchev–Trinajstić information content (AvgIpc) is 3.28. The van der Waals surface area contributed by atoms with E-state index >= 15 is 0 Å². The first-order valence-corrected chi connectivity index (χ1v) is 10.5. The van der Waals surface area contributed by atoms with Crippen LogP contribution in [0.15, 0.2) is 54.6 Å². The molecule has 5 rings (SSSR count). The van der Waals surface area contributed by atoms with Crippen molar-refractivity contribution in [1.82, 2.24) is 9.78 Å². The minimum atomic E-state index is 0.0652. The third-order valence-electron chi connectivity index (χ3n) is 5.18. The maximum atomic E-state index is 13.3. The lowest BCUT2D eigenvalue weighted by atomic mass is 10.0. The third kappa shape index (κ3) is 2.82. The molecule has 0 spiro atoms. The summed E-state index contributed by atoms with van der Waals surface area (Å²) in [4.78, 5) is 17.0. The van der Waals surface area contributed by atoms with Gasteiger partial charge in [-0.15, -0.1) is 11.3 Å². The lowest BCUT2D eigenvalue weighted by Gasteiger charge is -2.29. The summed E-state index contributed by atoms with van der Waals surface area (Å²) >= 11 is 7.51. The summed E-state index contributed by atoms with van der Waals surface area (Å²) in [5, 5.41) is 6.37. The molecule has 2 aromatic heterocycles. The summed E-state index contributed by atoms with van der Waals surface area (Å²) < 4.78 is 1.90. The van der Waals surface area contributed by atoms with Crippen LogP contribution in [0.5, 0.6) is 0 Å². The van der Waals surface area contributed by atoms with E-state index in [0.717, 1.165) is 51.5 Å². The number of aromatic nitrogens is 2. The quantitative estimate of drug-likeness (QED) is 0.431. The van der Waals surface area contributed by atoms with Crippen molar-refractivity contribution in [2.24, 2.45) is 0 Å². The molecule has 4 nitrogen and oxygen atoms in total. The Hall–Kier alpha value is -2.63. The van der Waals surface area contributed by atoms with E-state index in [9.17, 15) is 4.79 Å². The first-order valence-electron chi connectivity index (χ1n) is 9.27. The van der Waals surface area contributed by atoms with Crippen LogP contribution < -0.4 is 4.90 Å². The molecule has 0 saturated heterocycles. The second kappa shape index (κ2) is 6.76. The maximum absolute atomic E-state index is 13.3. The van der Waals surface area contributed by atoms with Gasteiger partial charge in [-0.2, -0.15) is 5.10 Å². The first-order chi connectivity index (χ1) is 13.6. The molecule has 1 amide bonds. The predicted molar refractivity (Wildman–Crippen MR) is 115 cm³/mol. The molecule has 4 aromatic rings. The predicted octanol–water partition coefficient (Wildman–Crippen LogP) is 5.64. The molecule has 6 heteroatoms. The summed E-state index contributed by atoms with van der Waals surface area (Å²) in [7, 11) is 0. The number of thiophene rings is 1. The van der Waals surface area contributed by atoms with Crippen molar-refractivity contribution in [3.05, 3.63) is 75.8 Å². The molecule has 0 N–H and O–H groups in total. The van der Waals surface area contributed by atoms with E-state index in [2.05, 4.69) is 11.2 Å². The van der Waals surface area contributed by atoms with Gasteiger partial charge in [0.05, 0.1) is 16.3 Å². The van der Waals surface area contributed by atoms with Crippen LogP contribution in [0.25, 0.3) is 15.9 Å². The van der Waals surface area contributed by atoms with Crippen molar-refractivity contribution >= 4 is 44.7 Å². The summed E-state index contributed by atoms with van der Waals surface area (Å²) in [6.45, 7) is 2.73. The van der Waals surface area contributed by atoms with Crippen molar-refractivity contribution in [1.29, 1.82) is 0 Å². The second-order valence-electron chi connectivity index (χ2n) is 6.99. The number of amides is 1. The van der Waals surface area contributed by atoms with Crippen molar-refractivity contribution in [3.63, 3.8) is 0 Å². The van der Waals surface area contributed by atoms with Gasteiger partial charge in [-0.25, -0.2) is 4.68 Å². The highest BCUT2D eigenvalue weighted by Crippen LogP contribution is 2.34. The number of aryl methyl sites for hydroxylation is 2. The number of fused-ring (bicyclic) bond motifs is 2. The third-order valence-corrected chi connectivity index (χ3v) is 6.53. The fourth-order valence-corrected chi connectivity index (χ4v) is 5.05. The maximum Gasteiger partial charge on any atom is 0.268 e. The summed E-state index contributed by atoms with van der Waals surface area (Å²) in [6, 6.07) is 17.8. The molecule has 0 unspecified atom stereocenters. The van der Waals surface area contributed by atoms with Crippen molar-refractivity contribution < 1.29 is 4.79 Å². The molecule has 140 valence electrons. The van der Waals surface area contributed by atoms with Gasteiger partial charge in [-0.05, 0) is 61.7 Å². The van der Waals surface area contributed by atoms with Crippen molar-refractivity contribution in [3.8, 4) is 5.69 Å². The number of benzene rings is 2. The standard InChI is InChI=1S/C22H18ClN3OS/c1-14-18-13-20(21(27)25-12-4-6-15-5-2-3-7-19(15)25)28-22(18)26(24-14)17-10-8-16(23)9-11-17/h2-3,5,7-11,13H,4,6,12H2,1H3. The number of halogens is 1. The Morgan fingerprint density at radius 3 is 2.75 bits per heavy atom. The smallest absolute Gasteiger partial charge is 0.268 e. The number of nitrogens with zero attached hydrogens (tertiary/aromatic N) is 3. The van der Waals surface area contributed by atoms with Crippen LogP contribution in [0, 0.1) is 6.92 Å². The highest BCUT2D eigenvalue weighted by atomic mass is 35.5. The summed E-state index contributed by atoms with van der Waals surface area (Å²) in [5.41, 5.74) is 4.13. The molecule has 2 aromatic carbocycles. The molecule has 0 radical (unpaired) electrons. The lowest BCUT2D eigenvalue weighted by molar-refractivity contribution is 0.0989. The van der Waals surface area contributed by atoms with Gasteiger partial charge in [0.25, 0.3) is 5.91 Å². The minimum Gasteiger partial charge on any atom is -0.307 e. The van der Waals surface area contributed by atoms with Crippen LogP contribution in [0.1, 0.15) is 27.3 Å². The molecule has 0 aliphatic carbocycles. The average molecular weight is 408 g/mol. The molecule has 0 saturated carbocycles. The molecule has 0 atom stereocenters. The number of rotatable bonds is 2. The minimum absolute atomic E-state index is 0.0652. The van der Waals surface area contributed by atoms with Crippen LogP contribution in [0.2, 0.25) is 5.02 Å². The fourth-order valence-electron chi connectivity index (χ4n) is 3.79. The highest BCUT2D eigenvalue weighted by molar-refractivity contribution is 7.20. The number of carbonyl (C=O) groups excluding carboxylic acids is 1. The van der Waals surface area contributed by atoms with Gasteiger partial charge < -0.3 is 4.90 Å². The molecule has 3 heterocycles. The zero-order chi connectivity index (χ0) is 19.3. The second-order valence-corrected chi connectivity index (χ2v) is 8.46. The number of hydrogen-bond donors (Lipinski definition) is 0. The molecule has 1 aliphatic heterocycles. The highest BCUT2D eigenvalue weighted by Gasteiger charge is 2.26. The normalized spacial score (nSPS) is 13.7. The lowest BCUT2D eigenvalue weighted by Crippen LogP contribution is -2.34. The van der Waals surface area contributed by atoms with Gasteiger partial charge in [0.1, 0.15) is 4.83 Å². The SMILES string of the molecule is Cc1nn(-c2ccc(Cl)cc2)c2sc(C(=O)N3CCCc4ccccc43)cc12. The van der Waals surface area contributed by atoms with Crippen molar-refractivity contribution in [2.75, 3.05) is 11.4 Å². The molecule has 28 heavy (non-hydrogen) atoms. The van der Waals surface area contributed by atoms with E-state index in [1.54, 1.807) is 0 Å². The largest absolute Gasteiger partial charge is 0.307 e. The number of anilines is 1. The molecule has 0 fully saturated rings. The Kier molecular flexibility index (Phi) is 4.22. The molecular weight excluding hydrogens is 390 g/mol. The Balaban J connectivity index is 1.57. The molecular formula is C22H18ClN3OS. The van der Waals surface area contributed by atoms with Gasteiger partial charge >= 0.3 is 0 Å². The Bertz CT molecular complexity index is 1190. The summed E-state index contributed by atoms with van der Waals surface area (Å²) in [6.07, 6.45) is 2.02. The van der Waals surface area contributed by atoms with E-state index in [-0.39, 0.29) is 5.91 Å². The topological polar surface area (TPSA) is 38.1 Å². The van der Waals surface area contributed by atoms with Crippen LogP contribution in [0.4, 0.5) is 5.69 Å². The van der Waals surface area contributed by atoms with Gasteiger partial charge in [-0.1, -0.05) is 29.8 Å². The number of para-hydroxylation sites is 1. The fraction of sp³-hybridized carbons (Fsp3) is 0.182. The number of hydrogen-bond acceptors (Lipinski definition) is 3. The van der Waals surface area contributed by atoms with Gasteiger partial charge in [-0.3, -0.25) is 4.79 Å². The van der Waals surface area contributed by atoms with E-state index < -0.39 is 0 Å². The monoisotopic (exact) mass is 407 g/mol. The zero-order valence-electron chi connectivity index (χ0n) is 15.4. The van der Waals surface area contributed by atoms with Crippen molar-refractivity contribution in [2.45, 2.75) is 19.8 Å². The first kappa shape index (κ1) is 17.5. The Labute approximate surface area is 172 Å². The van der Waals surface area contributed by atoms with E-state index in [1.165, 1.54) is 16.9 Å². The molecule has 1 aliphatic rings. The van der Waals surface area contributed by atoms with Crippen LogP contribution in [-0.4, -0.2) is 22.2 Å². The van der Waals surface area contributed by atoms with Gasteiger partial charge in [0, 0.05) is 22.6 Å². The van der Waals surface area contributed by atoms with Crippen LogP contribution in [-0.2, 0) is 6.42 Å². The van der Waals surface area contributed by atoms with Crippen LogP contribution in [0.3, 0.4) is 0 Å². The van der Waals surface area contributed by atoms with Gasteiger partial charge in [0.15, 0.2) is 0 Å². The van der Waals surface area contributed by atoms with E-state index in [0.29, 0.717) is 5.02 Å². The van der Waals surface area contributed by atoms with Gasteiger partial charge in [0.2, 0.25) is 0 Å². The molecule has 0 bridgehead atoms. The zero-order valence-corrected chi connectivity index (χ0v) is 16.9. The van der Waals surface area contributed by atoms with E-state index in [1.807, 2.05) is 65.0 Å². The Morgan fingerprint density at radius 2 is 1.93 bits per heavy atom. The van der Waals surface area contributed by atoms with Crippen LogP contribution >= 0.6 is 22.9 Å². The number of carbonyl (C=O) groups is 1. The van der Waals surface area contributed by atoms with E-state index in [4.69, 9.17) is 11.6 Å². The summed E-state index contributed by atoms with van der Waals surface area (Å²) in [5.74, 6) is 0.0652. The Morgan fingerprint density at radius 1 is 1.14 bits per heavy atom.